The fraction of sp³-hybridized carbons (Fsp3) is 0.0667. The Hall–Kier alpha value is -2.27. The van der Waals surface area contributed by atoms with Crippen molar-refractivity contribution in [3.05, 3.63) is 48.0 Å². The number of carboxylic acids is 1. The zero-order chi connectivity index (χ0) is 14.1. The van der Waals surface area contributed by atoms with E-state index < -0.39 is 5.97 Å². The van der Waals surface area contributed by atoms with Gasteiger partial charge >= 0.3 is 5.97 Å². The normalized spacial score (nSPS) is 10.8. The fourth-order valence-corrected chi connectivity index (χ4v) is 2.32. The molecule has 0 fully saturated rings. The molecular formula is C15H11NO3S. The summed E-state index contributed by atoms with van der Waals surface area (Å²) in [4.78, 5) is 16.5. The Bertz CT molecular complexity index is 777. The van der Waals surface area contributed by atoms with Crippen LogP contribution in [0, 0.1) is 0 Å². The average Bonchev–Trinajstić information content (AvgIpc) is 2.90. The minimum atomic E-state index is -0.978. The van der Waals surface area contributed by atoms with Gasteiger partial charge < -0.3 is 9.52 Å². The second-order valence-corrected chi connectivity index (χ2v) is 5.11. The van der Waals surface area contributed by atoms with Crippen LogP contribution in [-0.2, 0) is 0 Å². The second kappa shape index (κ2) is 5.02. The molecule has 0 radical (unpaired) electrons. The van der Waals surface area contributed by atoms with Crippen molar-refractivity contribution in [2.24, 2.45) is 0 Å². The smallest absolute Gasteiger partial charge is 0.335 e. The van der Waals surface area contributed by atoms with Crippen molar-refractivity contribution in [1.82, 2.24) is 4.98 Å². The molecule has 1 N–H and O–H groups in total. The number of nitrogens with zero attached hydrogens (tertiary/aromatic N) is 1. The molecule has 0 amide bonds. The third-order valence-electron chi connectivity index (χ3n) is 2.97. The molecule has 0 atom stereocenters. The van der Waals surface area contributed by atoms with Gasteiger partial charge in [-0.1, -0.05) is 0 Å². The van der Waals surface area contributed by atoms with Gasteiger partial charge in [-0.15, -0.1) is 11.8 Å². The summed E-state index contributed by atoms with van der Waals surface area (Å²) in [5.41, 5.74) is 2.20. The molecule has 0 aliphatic heterocycles. The Morgan fingerprint density at radius 2 is 1.95 bits per heavy atom. The summed E-state index contributed by atoms with van der Waals surface area (Å²) in [5, 5.41) is 8.96. The first-order chi connectivity index (χ1) is 9.67. The maximum absolute atomic E-state index is 10.9. The minimum Gasteiger partial charge on any atom is -0.478 e. The first-order valence-corrected chi connectivity index (χ1v) is 7.18. The molecule has 3 rings (SSSR count). The summed E-state index contributed by atoms with van der Waals surface area (Å²) in [5.74, 6) is -0.482. The molecule has 5 heteroatoms. The second-order valence-electron chi connectivity index (χ2n) is 4.24. The maximum Gasteiger partial charge on any atom is 0.335 e. The summed E-state index contributed by atoms with van der Waals surface area (Å²) < 4.78 is 5.64. The van der Waals surface area contributed by atoms with Crippen molar-refractivity contribution in [2.45, 2.75) is 4.90 Å². The number of thioether (sulfide) groups is 1. The lowest BCUT2D eigenvalue weighted by molar-refractivity contribution is 0.0697. The number of hydrogen-bond acceptors (Lipinski definition) is 4. The van der Waals surface area contributed by atoms with Crippen molar-refractivity contribution >= 4 is 28.8 Å². The van der Waals surface area contributed by atoms with Crippen molar-refractivity contribution in [3.63, 3.8) is 0 Å². The van der Waals surface area contributed by atoms with E-state index in [1.54, 1.807) is 17.8 Å². The molecule has 20 heavy (non-hydrogen) atoms. The van der Waals surface area contributed by atoms with Gasteiger partial charge in [-0.3, -0.25) is 0 Å². The van der Waals surface area contributed by atoms with Crippen LogP contribution in [-0.4, -0.2) is 22.3 Å². The number of rotatable bonds is 3. The number of hydrogen-bond donors (Lipinski definition) is 1. The number of carbonyl (C=O) groups is 1. The van der Waals surface area contributed by atoms with Crippen LogP contribution >= 0.6 is 11.8 Å². The number of oxazole rings is 1. The van der Waals surface area contributed by atoms with E-state index in [1.165, 1.54) is 12.1 Å². The summed E-state index contributed by atoms with van der Waals surface area (Å²) in [6.45, 7) is 0. The first kappa shape index (κ1) is 12.7. The molecule has 100 valence electrons. The topological polar surface area (TPSA) is 63.3 Å². The highest BCUT2D eigenvalue weighted by molar-refractivity contribution is 7.98. The lowest BCUT2D eigenvalue weighted by Crippen LogP contribution is -1.94. The molecule has 0 aliphatic carbocycles. The first-order valence-electron chi connectivity index (χ1n) is 5.95. The van der Waals surface area contributed by atoms with Crippen molar-refractivity contribution in [1.29, 1.82) is 0 Å². The van der Waals surface area contributed by atoms with Gasteiger partial charge in [-0.25, -0.2) is 9.78 Å². The van der Waals surface area contributed by atoms with E-state index in [9.17, 15) is 4.79 Å². The van der Waals surface area contributed by atoms with Crippen LogP contribution in [0.1, 0.15) is 10.4 Å². The quantitative estimate of drug-likeness (QED) is 0.739. The van der Waals surface area contributed by atoms with Gasteiger partial charge in [-0.2, -0.15) is 0 Å². The Morgan fingerprint density at radius 1 is 1.20 bits per heavy atom. The van der Waals surface area contributed by atoms with Gasteiger partial charge in [0.15, 0.2) is 5.58 Å². The van der Waals surface area contributed by atoms with E-state index in [4.69, 9.17) is 9.52 Å². The van der Waals surface area contributed by atoms with E-state index >= 15 is 0 Å². The average molecular weight is 285 g/mol. The predicted molar refractivity (Wildman–Crippen MR) is 78.2 cm³/mol. The molecule has 0 spiro atoms. The van der Waals surface area contributed by atoms with Gasteiger partial charge in [-0.05, 0) is 48.7 Å². The molecule has 0 bridgehead atoms. The fourth-order valence-electron chi connectivity index (χ4n) is 1.91. The molecular weight excluding hydrogens is 274 g/mol. The summed E-state index contributed by atoms with van der Waals surface area (Å²) in [6, 6.07) is 12.5. The van der Waals surface area contributed by atoms with Crippen molar-refractivity contribution in [2.75, 3.05) is 6.26 Å². The van der Waals surface area contributed by atoms with Crippen LogP contribution < -0.4 is 0 Å². The standard InChI is InChI=1S/C15H11NO3S/c1-20-11-5-2-9(3-6-11)14-16-12-7-4-10(15(17)18)8-13(12)19-14/h2-8H,1H3,(H,17,18). The molecule has 2 aromatic carbocycles. The largest absolute Gasteiger partial charge is 0.478 e. The lowest BCUT2D eigenvalue weighted by atomic mass is 10.2. The third kappa shape index (κ3) is 2.28. The Kier molecular flexibility index (Phi) is 3.20. The van der Waals surface area contributed by atoms with E-state index in [0.717, 1.165) is 10.5 Å². The summed E-state index contributed by atoms with van der Waals surface area (Å²) in [7, 11) is 0. The molecule has 0 unspecified atom stereocenters. The number of fused-ring (bicyclic) bond motifs is 1. The molecule has 3 aromatic rings. The number of carboxylic acid groups (broad SMARTS) is 1. The highest BCUT2D eigenvalue weighted by atomic mass is 32.2. The number of aromatic nitrogens is 1. The van der Waals surface area contributed by atoms with Gasteiger partial charge in [0.05, 0.1) is 5.56 Å². The lowest BCUT2D eigenvalue weighted by Gasteiger charge is -1.97. The van der Waals surface area contributed by atoms with E-state index in [1.807, 2.05) is 30.5 Å². The monoisotopic (exact) mass is 285 g/mol. The van der Waals surface area contributed by atoms with E-state index in [0.29, 0.717) is 17.0 Å². The van der Waals surface area contributed by atoms with E-state index in [2.05, 4.69) is 4.98 Å². The van der Waals surface area contributed by atoms with Crippen LogP contribution in [0.5, 0.6) is 0 Å². The van der Waals surface area contributed by atoms with Crippen LogP contribution in [0.25, 0.3) is 22.6 Å². The highest BCUT2D eigenvalue weighted by Gasteiger charge is 2.11. The van der Waals surface area contributed by atoms with Crippen LogP contribution in [0.15, 0.2) is 51.8 Å². The number of benzene rings is 2. The van der Waals surface area contributed by atoms with Gasteiger partial charge in [0, 0.05) is 10.5 Å². The predicted octanol–water partition coefficient (Wildman–Crippen LogP) is 3.91. The highest BCUT2D eigenvalue weighted by Crippen LogP contribution is 2.26. The molecule has 0 saturated heterocycles. The maximum atomic E-state index is 10.9. The zero-order valence-electron chi connectivity index (χ0n) is 10.7. The Labute approximate surface area is 119 Å². The van der Waals surface area contributed by atoms with Gasteiger partial charge in [0.2, 0.25) is 5.89 Å². The molecule has 0 saturated carbocycles. The number of aromatic carboxylic acids is 1. The van der Waals surface area contributed by atoms with Crippen molar-refractivity contribution < 1.29 is 14.3 Å². The van der Waals surface area contributed by atoms with Crippen LogP contribution in [0.2, 0.25) is 0 Å². The zero-order valence-corrected chi connectivity index (χ0v) is 11.5. The minimum absolute atomic E-state index is 0.193. The molecule has 1 heterocycles. The van der Waals surface area contributed by atoms with Gasteiger partial charge in [0.25, 0.3) is 0 Å². The third-order valence-corrected chi connectivity index (χ3v) is 3.72. The Balaban J connectivity index is 2.05. The van der Waals surface area contributed by atoms with Gasteiger partial charge in [0.1, 0.15) is 5.52 Å². The van der Waals surface area contributed by atoms with Crippen LogP contribution in [0.4, 0.5) is 0 Å². The molecule has 4 nitrogen and oxygen atoms in total. The molecule has 0 aliphatic rings. The summed E-state index contributed by atoms with van der Waals surface area (Å²) in [6.07, 6.45) is 2.02. The van der Waals surface area contributed by atoms with Crippen molar-refractivity contribution in [3.8, 4) is 11.5 Å². The van der Waals surface area contributed by atoms with Crippen LogP contribution in [0.3, 0.4) is 0 Å². The SMILES string of the molecule is CSc1ccc(-c2nc3ccc(C(=O)O)cc3o2)cc1. The van der Waals surface area contributed by atoms with E-state index in [-0.39, 0.29) is 5.56 Å². The molecule has 1 aromatic heterocycles. The Morgan fingerprint density at radius 3 is 2.60 bits per heavy atom. The summed E-state index contributed by atoms with van der Waals surface area (Å²) >= 11 is 1.67.